The molecule has 0 radical (unpaired) electrons. The molecule has 0 fully saturated rings. The van der Waals surface area contributed by atoms with E-state index in [0.717, 1.165) is 5.69 Å². The van der Waals surface area contributed by atoms with Crippen molar-refractivity contribution in [2.75, 3.05) is 11.9 Å². The Kier molecular flexibility index (Phi) is 3.89. The van der Waals surface area contributed by atoms with Crippen molar-refractivity contribution in [2.24, 2.45) is 0 Å². The van der Waals surface area contributed by atoms with Crippen LogP contribution in [0, 0.1) is 11.3 Å². The Morgan fingerprint density at radius 1 is 1.32 bits per heavy atom. The molecule has 2 aromatic rings. The first-order valence-electron chi connectivity index (χ1n) is 5.87. The fraction of sp³-hybridized carbons (Fsp3) is 0.133. The molecule has 0 atom stereocenters. The van der Waals surface area contributed by atoms with Gasteiger partial charge in [0.1, 0.15) is 0 Å². The fourth-order valence-electron chi connectivity index (χ4n) is 1.75. The number of hydrogen-bond donors (Lipinski definition) is 0. The highest BCUT2D eigenvalue weighted by Crippen LogP contribution is 2.15. The second kappa shape index (κ2) is 5.78. The molecule has 1 heterocycles. The summed E-state index contributed by atoms with van der Waals surface area (Å²) in [7, 11) is 1.72. The lowest BCUT2D eigenvalue weighted by molar-refractivity contribution is 0.0993. The Morgan fingerprint density at radius 2 is 2.05 bits per heavy atom. The Hall–Kier alpha value is -2.67. The second-order valence-corrected chi connectivity index (χ2v) is 4.07. The molecule has 19 heavy (non-hydrogen) atoms. The first kappa shape index (κ1) is 12.8. The molecule has 0 spiro atoms. The third-order valence-electron chi connectivity index (χ3n) is 2.77. The second-order valence-electron chi connectivity index (χ2n) is 4.07. The highest BCUT2D eigenvalue weighted by atomic mass is 16.2. The number of amides is 1. The molecule has 0 saturated carbocycles. The Morgan fingerprint density at radius 3 is 2.74 bits per heavy atom. The molecule has 0 aliphatic carbocycles. The van der Waals surface area contributed by atoms with Gasteiger partial charge in [-0.2, -0.15) is 5.26 Å². The number of pyridine rings is 1. The van der Waals surface area contributed by atoms with Gasteiger partial charge in [-0.25, -0.2) is 0 Å². The lowest BCUT2D eigenvalue weighted by Gasteiger charge is -2.17. The maximum absolute atomic E-state index is 12.3. The first-order valence-corrected chi connectivity index (χ1v) is 5.87. The minimum atomic E-state index is -0.118. The zero-order chi connectivity index (χ0) is 13.7. The van der Waals surface area contributed by atoms with Crippen LogP contribution in [0.4, 0.5) is 5.69 Å². The van der Waals surface area contributed by atoms with Crippen LogP contribution < -0.4 is 4.90 Å². The maximum atomic E-state index is 12.3. The number of rotatable bonds is 3. The van der Waals surface area contributed by atoms with Crippen molar-refractivity contribution < 1.29 is 4.79 Å². The summed E-state index contributed by atoms with van der Waals surface area (Å²) >= 11 is 0. The van der Waals surface area contributed by atoms with Gasteiger partial charge < -0.3 is 4.90 Å². The summed E-state index contributed by atoms with van der Waals surface area (Å²) in [5.74, 6) is -0.118. The number of anilines is 1. The van der Waals surface area contributed by atoms with Crippen LogP contribution in [0.3, 0.4) is 0 Å². The van der Waals surface area contributed by atoms with E-state index in [-0.39, 0.29) is 12.3 Å². The van der Waals surface area contributed by atoms with Gasteiger partial charge in [0, 0.05) is 24.5 Å². The molecule has 94 valence electrons. The number of nitriles is 1. The molecule has 1 aromatic carbocycles. The van der Waals surface area contributed by atoms with Gasteiger partial charge in [0.25, 0.3) is 5.91 Å². The van der Waals surface area contributed by atoms with Crippen molar-refractivity contribution in [2.45, 2.75) is 6.42 Å². The molecule has 0 unspecified atom stereocenters. The molecular formula is C15H13N3O. The van der Waals surface area contributed by atoms with Crippen molar-refractivity contribution in [3.05, 3.63) is 59.9 Å². The highest BCUT2D eigenvalue weighted by Gasteiger charge is 2.13. The quantitative estimate of drug-likeness (QED) is 0.841. The van der Waals surface area contributed by atoms with Gasteiger partial charge in [0.05, 0.1) is 18.2 Å². The SMILES string of the molecule is CN(C(=O)c1ccnc(CC#N)c1)c1ccccc1. The summed E-state index contributed by atoms with van der Waals surface area (Å²) in [5, 5.41) is 8.65. The molecule has 0 bridgehead atoms. The van der Waals surface area contributed by atoms with Crippen molar-refractivity contribution in [3.8, 4) is 6.07 Å². The molecule has 4 heteroatoms. The van der Waals surface area contributed by atoms with E-state index in [9.17, 15) is 4.79 Å². The van der Waals surface area contributed by atoms with Crippen LogP contribution in [-0.4, -0.2) is 17.9 Å². The number of aromatic nitrogens is 1. The van der Waals surface area contributed by atoms with Crippen LogP contribution in [0.15, 0.2) is 48.7 Å². The molecule has 0 aliphatic heterocycles. The van der Waals surface area contributed by atoms with Crippen molar-refractivity contribution in [1.82, 2.24) is 4.98 Å². The smallest absolute Gasteiger partial charge is 0.258 e. The molecular weight excluding hydrogens is 238 g/mol. The maximum Gasteiger partial charge on any atom is 0.258 e. The minimum absolute atomic E-state index is 0.118. The molecule has 0 N–H and O–H groups in total. The molecule has 4 nitrogen and oxygen atoms in total. The van der Waals surface area contributed by atoms with Crippen LogP contribution in [-0.2, 0) is 6.42 Å². The lowest BCUT2D eigenvalue weighted by atomic mass is 10.1. The van der Waals surface area contributed by atoms with E-state index in [1.807, 2.05) is 36.4 Å². The van der Waals surface area contributed by atoms with E-state index in [1.54, 1.807) is 30.3 Å². The predicted octanol–water partition coefficient (Wildman–Crippen LogP) is 2.42. The van der Waals surface area contributed by atoms with Crippen LogP contribution in [0.5, 0.6) is 0 Å². The first-order chi connectivity index (χ1) is 9.22. The summed E-state index contributed by atoms with van der Waals surface area (Å²) in [5.41, 5.74) is 1.97. The lowest BCUT2D eigenvalue weighted by Crippen LogP contribution is -2.26. The topological polar surface area (TPSA) is 57.0 Å². The summed E-state index contributed by atoms with van der Waals surface area (Å²) in [6.07, 6.45) is 1.76. The Labute approximate surface area is 111 Å². The number of carbonyl (C=O) groups excluding carboxylic acids is 1. The minimum Gasteiger partial charge on any atom is -0.311 e. The molecule has 1 amide bonds. The standard InChI is InChI=1S/C15H13N3O/c1-18(14-5-3-2-4-6-14)15(19)12-8-10-17-13(11-12)7-9-16/h2-6,8,10-11H,7H2,1H3. The third kappa shape index (κ3) is 2.96. The van der Waals surface area contributed by atoms with E-state index < -0.39 is 0 Å². The zero-order valence-electron chi connectivity index (χ0n) is 10.6. The van der Waals surface area contributed by atoms with E-state index in [2.05, 4.69) is 4.98 Å². The van der Waals surface area contributed by atoms with Crippen LogP contribution in [0.25, 0.3) is 0 Å². The largest absolute Gasteiger partial charge is 0.311 e. The van der Waals surface area contributed by atoms with Crippen molar-refractivity contribution >= 4 is 11.6 Å². The van der Waals surface area contributed by atoms with Crippen LogP contribution >= 0.6 is 0 Å². The Balaban J connectivity index is 2.25. The summed E-state index contributed by atoms with van der Waals surface area (Å²) in [6, 6.07) is 14.7. The summed E-state index contributed by atoms with van der Waals surface area (Å²) in [6.45, 7) is 0. The molecule has 1 aromatic heterocycles. The third-order valence-corrected chi connectivity index (χ3v) is 2.77. The van der Waals surface area contributed by atoms with Gasteiger partial charge >= 0.3 is 0 Å². The normalized spacial score (nSPS) is 9.68. The number of hydrogen-bond acceptors (Lipinski definition) is 3. The van der Waals surface area contributed by atoms with Crippen LogP contribution in [0.1, 0.15) is 16.1 Å². The number of para-hydroxylation sites is 1. The fourth-order valence-corrected chi connectivity index (χ4v) is 1.75. The van der Waals surface area contributed by atoms with Gasteiger partial charge in [-0.1, -0.05) is 18.2 Å². The van der Waals surface area contributed by atoms with E-state index >= 15 is 0 Å². The summed E-state index contributed by atoms with van der Waals surface area (Å²) in [4.78, 5) is 17.9. The number of nitrogens with zero attached hydrogens (tertiary/aromatic N) is 3. The van der Waals surface area contributed by atoms with Crippen LogP contribution in [0.2, 0.25) is 0 Å². The number of carbonyl (C=O) groups is 1. The van der Waals surface area contributed by atoms with Gasteiger partial charge in [-0.15, -0.1) is 0 Å². The molecule has 0 aliphatic rings. The number of benzene rings is 1. The average molecular weight is 251 g/mol. The molecule has 0 saturated heterocycles. The Bertz CT molecular complexity index is 617. The van der Waals surface area contributed by atoms with E-state index in [1.165, 1.54) is 0 Å². The average Bonchev–Trinajstić information content (AvgIpc) is 2.47. The van der Waals surface area contributed by atoms with Crippen molar-refractivity contribution in [1.29, 1.82) is 5.26 Å². The van der Waals surface area contributed by atoms with Gasteiger partial charge in [-0.05, 0) is 24.3 Å². The van der Waals surface area contributed by atoms with E-state index in [4.69, 9.17) is 5.26 Å². The zero-order valence-corrected chi connectivity index (χ0v) is 10.6. The van der Waals surface area contributed by atoms with Gasteiger partial charge in [0.2, 0.25) is 0 Å². The van der Waals surface area contributed by atoms with Gasteiger partial charge in [0.15, 0.2) is 0 Å². The van der Waals surface area contributed by atoms with E-state index in [0.29, 0.717) is 11.3 Å². The van der Waals surface area contributed by atoms with Crippen molar-refractivity contribution in [3.63, 3.8) is 0 Å². The highest BCUT2D eigenvalue weighted by molar-refractivity contribution is 6.05. The monoisotopic (exact) mass is 251 g/mol. The van der Waals surface area contributed by atoms with Gasteiger partial charge in [-0.3, -0.25) is 9.78 Å². The summed E-state index contributed by atoms with van der Waals surface area (Å²) < 4.78 is 0. The predicted molar refractivity (Wildman–Crippen MR) is 72.7 cm³/mol. The molecule has 2 rings (SSSR count).